The maximum atomic E-state index is 12.3. The Morgan fingerprint density at radius 2 is 1.89 bits per heavy atom. The highest BCUT2D eigenvalue weighted by Gasteiger charge is 2.35. The molecule has 6 heteroatoms. The first-order chi connectivity index (χ1) is 8.57. The van der Waals surface area contributed by atoms with Gasteiger partial charge in [-0.05, 0) is 24.6 Å². The SMILES string of the molecule is CCC(C)(C)C(=O)c1ccc(Br)cc1OC(F)(F)F. The number of carbonyl (C=O) groups is 1. The van der Waals surface area contributed by atoms with Crippen molar-refractivity contribution in [2.24, 2.45) is 5.41 Å². The molecule has 0 aliphatic carbocycles. The summed E-state index contributed by atoms with van der Waals surface area (Å²) in [7, 11) is 0. The van der Waals surface area contributed by atoms with E-state index in [0.717, 1.165) is 6.07 Å². The molecule has 106 valence electrons. The molecule has 0 unspecified atom stereocenters. The first-order valence-corrected chi connectivity index (χ1v) is 6.46. The first kappa shape index (κ1) is 16.0. The molecule has 0 saturated carbocycles. The molecule has 0 saturated heterocycles. The average Bonchev–Trinajstić information content (AvgIpc) is 2.26. The summed E-state index contributed by atoms with van der Waals surface area (Å²) in [6.07, 6.45) is -4.31. The summed E-state index contributed by atoms with van der Waals surface area (Å²) in [4.78, 5) is 12.3. The number of hydrogen-bond acceptors (Lipinski definition) is 2. The Morgan fingerprint density at radius 3 is 2.37 bits per heavy atom. The number of ketones is 1. The molecule has 0 atom stereocenters. The summed E-state index contributed by atoms with van der Waals surface area (Å²) in [6, 6.07) is 4.00. The summed E-state index contributed by atoms with van der Waals surface area (Å²) in [6.45, 7) is 5.19. The Balaban J connectivity index is 3.24. The van der Waals surface area contributed by atoms with Crippen LogP contribution in [0.4, 0.5) is 13.2 Å². The monoisotopic (exact) mass is 338 g/mol. The summed E-state index contributed by atoms with van der Waals surface area (Å²) in [5, 5.41) is 0. The van der Waals surface area contributed by atoms with Crippen molar-refractivity contribution < 1.29 is 22.7 Å². The standard InChI is InChI=1S/C13H14BrF3O2/c1-4-12(2,3)11(18)9-6-5-8(14)7-10(9)19-13(15,16)17/h5-7H,4H2,1-3H3. The van der Waals surface area contributed by atoms with E-state index in [1.165, 1.54) is 12.1 Å². The van der Waals surface area contributed by atoms with E-state index in [0.29, 0.717) is 10.9 Å². The van der Waals surface area contributed by atoms with Crippen LogP contribution in [0.2, 0.25) is 0 Å². The van der Waals surface area contributed by atoms with Crippen molar-refractivity contribution in [2.75, 3.05) is 0 Å². The zero-order valence-electron chi connectivity index (χ0n) is 10.8. The normalized spacial score (nSPS) is 12.4. The van der Waals surface area contributed by atoms with Gasteiger partial charge in [0.2, 0.25) is 0 Å². The molecule has 1 aromatic carbocycles. The van der Waals surface area contributed by atoms with Gasteiger partial charge >= 0.3 is 6.36 Å². The van der Waals surface area contributed by atoms with E-state index in [-0.39, 0.29) is 11.3 Å². The van der Waals surface area contributed by atoms with Gasteiger partial charge in [0.25, 0.3) is 0 Å². The molecule has 0 aliphatic heterocycles. The van der Waals surface area contributed by atoms with Crippen LogP contribution in [0.1, 0.15) is 37.6 Å². The quantitative estimate of drug-likeness (QED) is 0.724. The second-order valence-corrected chi connectivity index (χ2v) is 5.67. The molecule has 1 aromatic rings. The lowest BCUT2D eigenvalue weighted by Crippen LogP contribution is -2.26. The molecule has 0 amide bonds. The highest BCUT2D eigenvalue weighted by atomic mass is 79.9. The van der Waals surface area contributed by atoms with Gasteiger partial charge in [0.1, 0.15) is 5.75 Å². The fourth-order valence-electron chi connectivity index (χ4n) is 1.42. The number of halogens is 4. The topological polar surface area (TPSA) is 26.3 Å². The molecule has 19 heavy (non-hydrogen) atoms. The van der Waals surface area contributed by atoms with Crippen molar-refractivity contribution in [3.63, 3.8) is 0 Å². The number of Topliss-reactive ketones (excluding diaryl/α,β-unsaturated/α-hetero) is 1. The number of ether oxygens (including phenoxy) is 1. The zero-order valence-corrected chi connectivity index (χ0v) is 12.4. The molecule has 2 nitrogen and oxygen atoms in total. The van der Waals surface area contributed by atoms with Crippen molar-refractivity contribution in [1.29, 1.82) is 0 Å². The third-order valence-corrected chi connectivity index (χ3v) is 3.41. The number of hydrogen-bond donors (Lipinski definition) is 0. The second-order valence-electron chi connectivity index (χ2n) is 4.75. The maximum Gasteiger partial charge on any atom is 0.573 e. The first-order valence-electron chi connectivity index (χ1n) is 5.67. The summed E-state index contributed by atoms with van der Waals surface area (Å²) >= 11 is 3.06. The van der Waals surface area contributed by atoms with Gasteiger partial charge in [-0.1, -0.05) is 36.7 Å². The Hall–Kier alpha value is -1.04. The molecular weight excluding hydrogens is 325 g/mol. The molecule has 0 aliphatic rings. The molecule has 0 radical (unpaired) electrons. The maximum absolute atomic E-state index is 12.3. The van der Waals surface area contributed by atoms with E-state index < -0.39 is 17.5 Å². The number of alkyl halides is 3. The van der Waals surface area contributed by atoms with E-state index in [4.69, 9.17) is 0 Å². The Bertz CT molecular complexity index is 481. The minimum Gasteiger partial charge on any atom is -0.405 e. The molecule has 1 rings (SSSR count). The van der Waals surface area contributed by atoms with Crippen molar-refractivity contribution in [1.82, 2.24) is 0 Å². The van der Waals surface area contributed by atoms with Crippen LogP contribution in [0, 0.1) is 5.41 Å². The summed E-state index contributed by atoms with van der Waals surface area (Å²) < 4.78 is 41.4. The van der Waals surface area contributed by atoms with Crippen LogP contribution in [0.3, 0.4) is 0 Å². The van der Waals surface area contributed by atoms with E-state index in [1.807, 2.05) is 0 Å². The zero-order chi connectivity index (χ0) is 14.8. The molecular formula is C13H14BrF3O2. The van der Waals surface area contributed by atoms with Gasteiger partial charge in [0.15, 0.2) is 5.78 Å². The lowest BCUT2D eigenvalue weighted by atomic mass is 9.82. The van der Waals surface area contributed by atoms with Crippen molar-refractivity contribution in [3.05, 3.63) is 28.2 Å². The Morgan fingerprint density at radius 1 is 1.32 bits per heavy atom. The van der Waals surface area contributed by atoms with Crippen LogP contribution >= 0.6 is 15.9 Å². The highest BCUT2D eigenvalue weighted by molar-refractivity contribution is 9.10. The van der Waals surface area contributed by atoms with Gasteiger partial charge < -0.3 is 4.74 Å². The van der Waals surface area contributed by atoms with Gasteiger partial charge in [-0.2, -0.15) is 0 Å². The van der Waals surface area contributed by atoms with Crippen LogP contribution in [0.15, 0.2) is 22.7 Å². The van der Waals surface area contributed by atoms with E-state index in [2.05, 4.69) is 20.7 Å². The smallest absolute Gasteiger partial charge is 0.405 e. The minimum atomic E-state index is -4.83. The highest BCUT2D eigenvalue weighted by Crippen LogP contribution is 2.34. The van der Waals surface area contributed by atoms with E-state index >= 15 is 0 Å². The van der Waals surface area contributed by atoms with Gasteiger partial charge in [-0.15, -0.1) is 13.2 Å². The summed E-state index contributed by atoms with van der Waals surface area (Å²) in [5.74, 6) is -0.852. The van der Waals surface area contributed by atoms with Crippen LogP contribution in [0.5, 0.6) is 5.75 Å². The fraction of sp³-hybridized carbons (Fsp3) is 0.462. The van der Waals surface area contributed by atoms with Crippen LogP contribution < -0.4 is 4.74 Å². The lowest BCUT2D eigenvalue weighted by Gasteiger charge is -2.22. The van der Waals surface area contributed by atoms with Crippen LogP contribution in [0.25, 0.3) is 0 Å². The molecule has 0 N–H and O–H groups in total. The number of benzene rings is 1. The van der Waals surface area contributed by atoms with Gasteiger partial charge in [-0.25, -0.2) is 0 Å². The minimum absolute atomic E-state index is 0.0626. The van der Waals surface area contributed by atoms with Crippen LogP contribution in [-0.2, 0) is 0 Å². The van der Waals surface area contributed by atoms with E-state index in [9.17, 15) is 18.0 Å². The predicted molar refractivity (Wildman–Crippen MR) is 69.2 cm³/mol. The predicted octanol–water partition coefficient (Wildman–Crippen LogP) is 4.97. The second kappa shape index (κ2) is 5.53. The van der Waals surface area contributed by atoms with Crippen LogP contribution in [-0.4, -0.2) is 12.1 Å². The number of rotatable bonds is 4. The third kappa shape index (κ3) is 4.23. The van der Waals surface area contributed by atoms with Gasteiger partial charge in [0.05, 0.1) is 5.56 Å². The Kier molecular flexibility index (Phi) is 4.66. The largest absolute Gasteiger partial charge is 0.573 e. The van der Waals surface area contributed by atoms with Gasteiger partial charge in [-0.3, -0.25) is 4.79 Å². The molecule has 0 heterocycles. The lowest BCUT2D eigenvalue weighted by molar-refractivity contribution is -0.274. The van der Waals surface area contributed by atoms with E-state index in [1.54, 1.807) is 20.8 Å². The van der Waals surface area contributed by atoms with Crippen molar-refractivity contribution >= 4 is 21.7 Å². The summed E-state index contributed by atoms with van der Waals surface area (Å²) in [5.41, 5.74) is -0.801. The molecule has 0 fully saturated rings. The van der Waals surface area contributed by atoms with Gasteiger partial charge in [0, 0.05) is 9.89 Å². The fourth-order valence-corrected chi connectivity index (χ4v) is 1.76. The molecule has 0 bridgehead atoms. The van der Waals surface area contributed by atoms with Crippen molar-refractivity contribution in [3.8, 4) is 5.75 Å². The average molecular weight is 339 g/mol. The molecule has 0 aromatic heterocycles. The Labute approximate surface area is 118 Å². The third-order valence-electron chi connectivity index (χ3n) is 2.91. The van der Waals surface area contributed by atoms with Crippen molar-refractivity contribution in [2.45, 2.75) is 33.6 Å². The molecule has 0 spiro atoms. The number of carbonyl (C=O) groups excluding carboxylic acids is 1.